The summed E-state index contributed by atoms with van der Waals surface area (Å²) in [5, 5.41) is 10.9. The van der Waals surface area contributed by atoms with E-state index in [1.54, 1.807) is 23.2 Å². The smallest absolute Gasteiger partial charge is 0.387 e. The van der Waals surface area contributed by atoms with Gasteiger partial charge in [-0.25, -0.2) is 9.07 Å². The summed E-state index contributed by atoms with van der Waals surface area (Å²) in [6.07, 6.45) is -2.34. The van der Waals surface area contributed by atoms with Gasteiger partial charge in [-0.15, -0.1) is 11.3 Å². The zero-order chi connectivity index (χ0) is 25.3. The molecule has 36 heavy (non-hydrogen) atoms. The van der Waals surface area contributed by atoms with Gasteiger partial charge in [0, 0.05) is 36.5 Å². The molecule has 1 fully saturated rings. The zero-order valence-electron chi connectivity index (χ0n) is 19.4. The predicted molar refractivity (Wildman–Crippen MR) is 132 cm³/mol. The number of piperidine rings is 1. The molecule has 5 rings (SSSR count). The second-order valence-electron chi connectivity index (χ2n) is 8.79. The molecule has 0 bridgehead atoms. The van der Waals surface area contributed by atoms with Gasteiger partial charge in [0.2, 0.25) is 5.91 Å². The van der Waals surface area contributed by atoms with Crippen molar-refractivity contribution in [3.8, 4) is 0 Å². The Balaban J connectivity index is 1.11. The number of amides is 1. The van der Waals surface area contributed by atoms with Crippen LogP contribution in [0, 0.1) is 6.92 Å². The lowest BCUT2D eigenvalue weighted by Crippen LogP contribution is -2.39. The molecule has 1 unspecified atom stereocenters. The molecule has 1 amide bonds. The number of halogens is 3. The molecule has 2 aliphatic heterocycles. The van der Waals surface area contributed by atoms with Crippen LogP contribution in [-0.4, -0.2) is 49.5 Å². The van der Waals surface area contributed by atoms with Gasteiger partial charge < -0.3 is 9.74 Å². The Morgan fingerprint density at radius 1 is 1.22 bits per heavy atom. The van der Waals surface area contributed by atoms with Crippen molar-refractivity contribution in [1.82, 2.24) is 19.1 Å². The lowest BCUT2D eigenvalue weighted by molar-refractivity contribution is -0.141. The van der Waals surface area contributed by atoms with E-state index in [0.29, 0.717) is 25.2 Å². The molecule has 1 aromatic carbocycles. The zero-order valence-corrected chi connectivity index (χ0v) is 21.1. The number of benzene rings is 1. The Bertz CT molecular complexity index is 1250. The van der Waals surface area contributed by atoms with Crippen molar-refractivity contribution < 1.29 is 22.8 Å². The summed E-state index contributed by atoms with van der Waals surface area (Å²) < 4.78 is 39.7. The van der Waals surface area contributed by atoms with Crippen LogP contribution >= 0.6 is 23.3 Å². The molecule has 12 heteroatoms. The van der Waals surface area contributed by atoms with Crippen molar-refractivity contribution in [2.24, 2.45) is 5.16 Å². The van der Waals surface area contributed by atoms with E-state index >= 15 is 0 Å². The van der Waals surface area contributed by atoms with E-state index in [1.807, 2.05) is 35.7 Å². The second-order valence-corrected chi connectivity index (χ2v) is 10.6. The summed E-state index contributed by atoms with van der Waals surface area (Å²) in [5.41, 5.74) is 2.18. The molecule has 0 N–H and O–H groups in total. The van der Waals surface area contributed by atoms with Crippen molar-refractivity contribution in [2.45, 2.75) is 44.4 Å². The predicted octanol–water partition coefficient (Wildman–Crippen LogP) is 5.44. The molecular formula is C24H24F3N5O2S2. The average molecular weight is 536 g/mol. The number of rotatable bonds is 6. The minimum Gasteiger partial charge on any atom is -0.387 e. The highest BCUT2D eigenvalue weighted by atomic mass is 32.2. The van der Waals surface area contributed by atoms with Gasteiger partial charge in [0.25, 0.3) is 0 Å². The molecule has 7 nitrogen and oxygen atoms in total. The number of nitrogens with zero attached hydrogens (tertiary/aromatic N) is 5. The van der Waals surface area contributed by atoms with Crippen molar-refractivity contribution >= 4 is 34.9 Å². The number of thiazole rings is 1. The van der Waals surface area contributed by atoms with Crippen molar-refractivity contribution in [3.05, 3.63) is 69.4 Å². The Kier molecular flexibility index (Phi) is 7.07. The SMILES string of the molecule is Cc1cc(C(F)(F)F)nn1SCC(=O)N1CCC(c2nc(C3=NOC(c4ccccc4)C3)cs2)CC1. The van der Waals surface area contributed by atoms with E-state index in [1.165, 1.54) is 4.09 Å². The monoisotopic (exact) mass is 535 g/mol. The standard InChI is InChI=1S/C24H24F3N5O2S2/c1-15-11-21(24(25,26)27)29-32(15)36-14-22(33)31-9-7-17(8-10-31)23-28-19(13-35-23)18-12-20(34-30-18)16-5-3-2-4-6-16/h2-6,11,13,17,20H,7-10,12,14H2,1H3. The number of aromatic nitrogens is 3. The molecule has 4 heterocycles. The summed E-state index contributed by atoms with van der Waals surface area (Å²) in [4.78, 5) is 24.9. The largest absolute Gasteiger partial charge is 0.435 e. The van der Waals surface area contributed by atoms with Crippen LogP contribution in [0.1, 0.15) is 58.9 Å². The molecular weight excluding hydrogens is 511 g/mol. The van der Waals surface area contributed by atoms with E-state index < -0.39 is 11.9 Å². The quantitative estimate of drug-likeness (QED) is 0.421. The molecule has 0 saturated carbocycles. The van der Waals surface area contributed by atoms with Crippen LogP contribution in [0.25, 0.3) is 0 Å². The molecule has 190 valence electrons. The van der Waals surface area contributed by atoms with Gasteiger partial charge in [-0.3, -0.25) is 4.79 Å². The number of carbonyl (C=O) groups excluding carboxylic acids is 1. The van der Waals surface area contributed by atoms with Gasteiger partial charge in [-0.05, 0) is 43.3 Å². The van der Waals surface area contributed by atoms with Crippen LogP contribution in [0.4, 0.5) is 13.2 Å². The lowest BCUT2D eigenvalue weighted by atomic mass is 9.97. The van der Waals surface area contributed by atoms with E-state index in [9.17, 15) is 18.0 Å². The first-order valence-corrected chi connectivity index (χ1v) is 13.4. The van der Waals surface area contributed by atoms with Crippen molar-refractivity contribution in [2.75, 3.05) is 18.8 Å². The van der Waals surface area contributed by atoms with Crippen LogP contribution in [0.2, 0.25) is 0 Å². The molecule has 1 atom stereocenters. The lowest BCUT2D eigenvalue weighted by Gasteiger charge is -2.31. The topological polar surface area (TPSA) is 72.6 Å². The van der Waals surface area contributed by atoms with Gasteiger partial charge in [0.05, 0.1) is 16.5 Å². The highest BCUT2D eigenvalue weighted by molar-refractivity contribution is 7.98. The molecule has 0 radical (unpaired) electrons. The maximum absolute atomic E-state index is 12.8. The van der Waals surface area contributed by atoms with Crippen LogP contribution in [0.15, 0.2) is 46.9 Å². The molecule has 0 spiro atoms. The fraction of sp³-hybridized carbons (Fsp3) is 0.417. The molecule has 1 saturated heterocycles. The third kappa shape index (κ3) is 5.44. The number of aryl methyl sites for hydroxylation is 1. The first kappa shape index (κ1) is 24.8. The molecule has 0 aliphatic carbocycles. The van der Waals surface area contributed by atoms with Crippen LogP contribution < -0.4 is 0 Å². The normalized spacial score (nSPS) is 18.8. The number of alkyl halides is 3. The minimum atomic E-state index is -4.50. The second kappa shape index (κ2) is 10.3. The maximum atomic E-state index is 12.8. The number of carbonyl (C=O) groups is 1. The van der Waals surface area contributed by atoms with E-state index in [-0.39, 0.29) is 23.7 Å². The van der Waals surface area contributed by atoms with Crippen molar-refractivity contribution in [3.63, 3.8) is 0 Å². The third-order valence-corrected chi connectivity index (χ3v) is 8.30. The van der Waals surface area contributed by atoms with E-state index in [4.69, 9.17) is 9.82 Å². The highest BCUT2D eigenvalue weighted by Gasteiger charge is 2.35. The Morgan fingerprint density at radius 3 is 2.67 bits per heavy atom. The Labute approximate surface area is 214 Å². The van der Waals surface area contributed by atoms with Gasteiger partial charge in [-0.2, -0.15) is 18.3 Å². The number of oxime groups is 1. The summed E-state index contributed by atoms with van der Waals surface area (Å²) in [6.45, 7) is 2.72. The Hall–Kier alpha value is -2.86. The highest BCUT2D eigenvalue weighted by Crippen LogP contribution is 2.34. The van der Waals surface area contributed by atoms with E-state index in [0.717, 1.165) is 52.8 Å². The van der Waals surface area contributed by atoms with Gasteiger partial charge in [0.15, 0.2) is 11.8 Å². The third-order valence-electron chi connectivity index (χ3n) is 6.30. The first-order chi connectivity index (χ1) is 17.3. The summed E-state index contributed by atoms with van der Waals surface area (Å²) >= 11 is 2.58. The number of hydrogen-bond donors (Lipinski definition) is 0. The van der Waals surface area contributed by atoms with Crippen LogP contribution in [0.3, 0.4) is 0 Å². The maximum Gasteiger partial charge on any atom is 0.435 e. The fourth-order valence-corrected chi connectivity index (χ4v) is 6.11. The Morgan fingerprint density at radius 2 is 1.97 bits per heavy atom. The molecule has 2 aliphatic rings. The van der Waals surface area contributed by atoms with Gasteiger partial charge in [0.1, 0.15) is 5.71 Å². The van der Waals surface area contributed by atoms with Crippen LogP contribution in [-0.2, 0) is 15.8 Å². The van der Waals surface area contributed by atoms with Crippen molar-refractivity contribution in [1.29, 1.82) is 0 Å². The first-order valence-electron chi connectivity index (χ1n) is 11.6. The fourth-order valence-electron chi connectivity index (χ4n) is 4.29. The average Bonchev–Trinajstić information content (AvgIpc) is 3.62. The number of likely N-dealkylation sites (tertiary alicyclic amines) is 1. The van der Waals surface area contributed by atoms with E-state index in [2.05, 4.69) is 10.3 Å². The van der Waals surface area contributed by atoms with Gasteiger partial charge >= 0.3 is 6.18 Å². The number of hydrogen-bond acceptors (Lipinski definition) is 7. The summed E-state index contributed by atoms with van der Waals surface area (Å²) in [7, 11) is 0. The van der Waals surface area contributed by atoms with Gasteiger partial charge in [-0.1, -0.05) is 35.5 Å². The summed E-state index contributed by atoms with van der Waals surface area (Å²) in [5.74, 6) is 0.191. The molecule has 2 aromatic heterocycles. The molecule has 3 aromatic rings. The summed E-state index contributed by atoms with van der Waals surface area (Å²) in [6, 6.07) is 11.0. The van der Waals surface area contributed by atoms with Crippen LogP contribution in [0.5, 0.6) is 0 Å². The minimum absolute atomic E-state index is 0.0360.